The summed E-state index contributed by atoms with van der Waals surface area (Å²) in [6, 6.07) is 8.83. The van der Waals surface area contributed by atoms with Gasteiger partial charge in [-0.1, -0.05) is 18.2 Å². The van der Waals surface area contributed by atoms with Crippen LogP contribution >= 0.6 is 0 Å². The first-order chi connectivity index (χ1) is 10.3. The van der Waals surface area contributed by atoms with Gasteiger partial charge in [0.1, 0.15) is 0 Å². The van der Waals surface area contributed by atoms with Gasteiger partial charge >= 0.3 is 5.97 Å². The molecule has 1 N–H and O–H groups in total. The van der Waals surface area contributed by atoms with Crippen molar-refractivity contribution in [1.82, 2.24) is 3.97 Å². The van der Waals surface area contributed by atoms with Gasteiger partial charge in [0.25, 0.3) is 10.0 Å². The van der Waals surface area contributed by atoms with Gasteiger partial charge in [-0.05, 0) is 18.2 Å². The summed E-state index contributed by atoms with van der Waals surface area (Å²) in [5.74, 6) is -3.71. The Morgan fingerprint density at radius 3 is 2.27 bits per heavy atom. The molecule has 1 heterocycles. The molecule has 0 bridgehead atoms. The zero-order valence-corrected chi connectivity index (χ0v) is 12.0. The third-order valence-electron chi connectivity index (χ3n) is 2.87. The molecule has 0 saturated carbocycles. The lowest BCUT2D eigenvalue weighted by Gasteiger charge is -2.04. The van der Waals surface area contributed by atoms with Crippen molar-refractivity contribution >= 4 is 27.6 Å². The fraction of sp³-hybridized carbons (Fsp3) is 0.0714. The molecule has 22 heavy (non-hydrogen) atoms. The first kappa shape index (κ1) is 15.6. The maximum Gasteiger partial charge on any atom is 0.372 e. The minimum atomic E-state index is -3.83. The summed E-state index contributed by atoms with van der Waals surface area (Å²) >= 11 is 0. The van der Waals surface area contributed by atoms with Crippen LogP contribution in [-0.4, -0.2) is 35.0 Å². The van der Waals surface area contributed by atoms with E-state index in [0.717, 1.165) is 10.2 Å². The molecule has 8 heteroatoms. The SMILES string of the molecule is O=C(O)C(=O)CC(=O)c1ccn(S(=O)(=O)c2ccccc2)c1. The molecule has 7 nitrogen and oxygen atoms in total. The third kappa shape index (κ3) is 3.12. The monoisotopic (exact) mass is 321 g/mol. The van der Waals surface area contributed by atoms with Gasteiger partial charge in [0.05, 0.1) is 11.3 Å². The lowest BCUT2D eigenvalue weighted by Crippen LogP contribution is -2.17. The van der Waals surface area contributed by atoms with Crippen molar-refractivity contribution in [3.05, 3.63) is 54.4 Å². The lowest BCUT2D eigenvalue weighted by molar-refractivity contribution is -0.148. The number of Topliss-reactive ketones (excluding diaryl/α,β-unsaturated/α-hetero) is 2. The standard InChI is InChI=1S/C14H11NO6S/c16-12(8-13(17)14(18)19)10-6-7-15(9-10)22(20,21)11-4-2-1-3-5-11/h1-7,9H,8H2,(H,18,19). The van der Waals surface area contributed by atoms with Gasteiger partial charge in [0.15, 0.2) is 5.78 Å². The molecule has 0 spiro atoms. The number of aromatic nitrogens is 1. The van der Waals surface area contributed by atoms with Gasteiger partial charge in [-0.25, -0.2) is 17.2 Å². The van der Waals surface area contributed by atoms with Gasteiger partial charge in [-0.2, -0.15) is 0 Å². The highest BCUT2D eigenvalue weighted by Crippen LogP contribution is 2.15. The predicted octanol–water partition coefficient (Wildman–Crippen LogP) is 0.952. The number of carbonyl (C=O) groups excluding carboxylic acids is 2. The fourth-order valence-electron chi connectivity index (χ4n) is 1.73. The Morgan fingerprint density at radius 1 is 1.05 bits per heavy atom. The second-order valence-corrected chi connectivity index (χ2v) is 6.22. The summed E-state index contributed by atoms with van der Waals surface area (Å²) in [5.41, 5.74) is -0.0471. The quantitative estimate of drug-likeness (QED) is 0.482. The number of nitrogens with zero attached hydrogens (tertiary/aromatic N) is 1. The minimum absolute atomic E-state index is 0.0471. The molecule has 2 aromatic rings. The van der Waals surface area contributed by atoms with Crippen LogP contribution in [0.3, 0.4) is 0 Å². The summed E-state index contributed by atoms with van der Waals surface area (Å²) in [7, 11) is -3.83. The molecule has 0 amide bonds. The van der Waals surface area contributed by atoms with Crippen molar-refractivity contribution in [3.8, 4) is 0 Å². The highest BCUT2D eigenvalue weighted by Gasteiger charge is 2.21. The number of carboxylic acid groups (broad SMARTS) is 1. The first-order valence-electron chi connectivity index (χ1n) is 6.10. The van der Waals surface area contributed by atoms with E-state index in [1.165, 1.54) is 24.4 Å². The van der Waals surface area contributed by atoms with Crippen molar-refractivity contribution in [2.24, 2.45) is 0 Å². The van der Waals surface area contributed by atoms with E-state index in [9.17, 15) is 22.8 Å². The minimum Gasteiger partial charge on any atom is -0.475 e. The van der Waals surface area contributed by atoms with E-state index in [2.05, 4.69) is 0 Å². The number of carboxylic acids is 1. The summed E-state index contributed by atoms with van der Waals surface area (Å²) in [6.45, 7) is 0. The number of hydrogen-bond donors (Lipinski definition) is 1. The van der Waals surface area contributed by atoms with Gasteiger partial charge in [0.2, 0.25) is 5.78 Å². The van der Waals surface area contributed by atoms with Crippen LogP contribution in [0.1, 0.15) is 16.8 Å². The molecule has 0 radical (unpaired) electrons. The van der Waals surface area contributed by atoms with Crippen LogP contribution in [-0.2, 0) is 19.6 Å². The molecule has 0 aliphatic carbocycles. The average Bonchev–Trinajstić information content (AvgIpc) is 2.98. The normalized spacial score (nSPS) is 11.1. The highest BCUT2D eigenvalue weighted by atomic mass is 32.2. The van der Waals surface area contributed by atoms with Crippen molar-refractivity contribution in [2.45, 2.75) is 11.3 Å². The first-order valence-corrected chi connectivity index (χ1v) is 7.54. The molecule has 114 valence electrons. The number of rotatable bonds is 6. The zero-order chi connectivity index (χ0) is 16.3. The average molecular weight is 321 g/mol. The van der Waals surface area contributed by atoms with Crippen molar-refractivity contribution in [2.75, 3.05) is 0 Å². The highest BCUT2D eigenvalue weighted by molar-refractivity contribution is 7.90. The Hall–Kier alpha value is -2.74. The lowest BCUT2D eigenvalue weighted by atomic mass is 10.1. The smallest absolute Gasteiger partial charge is 0.372 e. The second-order valence-electron chi connectivity index (χ2n) is 4.38. The van der Waals surface area contributed by atoms with Crippen LogP contribution in [0.5, 0.6) is 0 Å². The summed E-state index contributed by atoms with van der Waals surface area (Å²) < 4.78 is 25.4. The van der Waals surface area contributed by atoms with Crippen molar-refractivity contribution < 1.29 is 27.9 Å². The van der Waals surface area contributed by atoms with Crippen LogP contribution in [0.15, 0.2) is 53.7 Å². The Morgan fingerprint density at radius 2 is 1.68 bits per heavy atom. The number of aliphatic carboxylic acids is 1. The van der Waals surface area contributed by atoms with E-state index in [-0.39, 0.29) is 10.5 Å². The maximum absolute atomic E-state index is 12.3. The van der Waals surface area contributed by atoms with E-state index < -0.39 is 34.0 Å². The number of ketones is 2. The van der Waals surface area contributed by atoms with E-state index in [4.69, 9.17) is 5.11 Å². The predicted molar refractivity (Wildman–Crippen MR) is 75.0 cm³/mol. The van der Waals surface area contributed by atoms with E-state index >= 15 is 0 Å². The van der Waals surface area contributed by atoms with Gasteiger partial charge < -0.3 is 5.11 Å². The number of carbonyl (C=O) groups is 3. The zero-order valence-electron chi connectivity index (χ0n) is 11.2. The Kier molecular flexibility index (Phi) is 4.22. The Bertz CT molecular complexity index is 835. The summed E-state index contributed by atoms with van der Waals surface area (Å²) in [5, 5.41) is 8.46. The molecule has 1 aromatic carbocycles. The van der Waals surface area contributed by atoms with Gasteiger partial charge in [-0.15, -0.1) is 0 Å². The van der Waals surface area contributed by atoms with Gasteiger partial charge in [0, 0.05) is 18.0 Å². The molecule has 0 aliphatic heterocycles. The molecule has 2 rings (SSSR count). The molecular weight excluding hydrogens is 310 g/mol. The topological polar surface area (TPSA) is 111 Å². The van der Waals surface area contributed by atoms with Crippen LogP contribution in [0.25, 0.3) is 0 Å². The van der Waals surface area contributed by atoms with E-state index in [1.54, 1.807) is 18.2 Å². The third-order valence-corrected chi connectivity index (χ3v) is 4.52. The van der Waals surface area contributed by atoms with Gasteiger partial charge in [-0.3, -0.25) is 9.59 Å². The van der Waals surface area contributed by atoms with E-state index in [1.807, 2.05) is 0 Å². The number of hydrogen-bond acceptors (Lipinski definition) is 5. The largest absolute Gasteiger partial charge is 0.475 e. The Labute approximate surface area is 125 Å². The van der Waals surface area contributed by atoms with Crippen LogP contribution in [0.4, 0.5) is 0 Å². The molecular formula is C14H11NO6S. The van der Waals surface area contributed by atoms with E-state index in [0.29, 0.717) is 0 Å². The molecule has 0 atom stereocenters. The molecule has 0 aliphatic rings. The second kappa shape index (κ2) is 5.94. The molecule has 0 unspecified atom stereocenters. The maximum atomic E-state index is 12.3. The van der Waals surface area contributed by atoms with Crippen molar-refractivity contribution in [1.29, 1.82) is 0 Å². The van der Waals surface area contributed by atoms with Crippen molar-refractivity contribution in [3.63, 3.8) is 0 Å². The molecule has 1 aromatic heterocycles. The summed E-state index contributed by atoms with van der Waals surface area (Å²) in [6.07, 6.45) is 1.41. The summed E-state index contributed by atoms with van der Waals surface area (Å²) in [4.78, 5) is 33.2. The Balaban J connectivity index is 2.27. The van der Waals surface area contributed by atoms with Crippen LogP contribution < -0.4 is 0 Å². The number of benzene rings is 1. The molecule has 0 fully saturated rings. The van der Waals surface area contributed by atoms with Crippen LogP contribution in [0, 0.1) is 0 Å². The molecule has 0 saturated heterocycles. The fourth-order valence-corrected chi connectivity index (χ4v) is 2.95. The van der Waals surface area contributed by atoms with Crippen LogP contribution in [0.2, 0.25) is 0 Å².